The smallest absolute Gasteiger partial charge is 0.145 e. The van der Waals surface area contributed by atoms with Crippen LogP contribution in [-0.2, 0) is 6.42 Å². The van der Waals surface area contributed by atoms with Gasteiger partial charge in [0.2, 0.25) is 0 Å². The Kier molecular flexibility index (Phi) is 6.70. The zero-order valence-corrected chi connectivity index (χ0v) is 28.1. The molecule has 0 saturated heterocycles. The third kappa shape index (κ3) is 4.59. The zero-order chi connectivity index (χ0) is 33.2. The molecule has 8 aromatic rings. The predicted molar refractivity (Wildman–Crippen MR) is 212 cm³/mol. The van der Waals surface area contributed by atoms with E-state index in [1.54, 1.807) is 0 Å². The molecule has 1 atom stereocenters. The Bertz CT molecular complexity index is 2690. The minimum atomic E-state index is 0.526. The van der Waals surface area contributed by atoms with Crippen molar-refractivity contribution in [3.63, 3.8) is 0 Å². The maximum absolute atomic E-state index is 5.28. The molecular weight excluding hydrogens is 605 g/mol. The number of benzene rings is 7. The van der Waals surface area contributed by atoms with E-state index < -0.39 is 0 Å². The number of para-hydroxylation sites is 3. The van der Waals surface area contributed by atoms with Crippen molar-refractivity contribution in [3.8, 4) is 28.2 Å². The lowest BCUT2D eigenvalue weighted by Gasteiger charge is -2.24. The van der Waals surface area contributed by atoms with Crippen LogP contribution in [0.2, 0.25) is 0 Å². The average molecular weight is 641 g/mol. The van der Waals surface area contributed by atoms with Crippen LogP contribution in [0.3, 0.4) is 0 Å². The lowest BCUT2D eigenvalue weighted by atomic mass is 9.80. The standard InChI is InChI=1S/C48H36N2/c1-31-12-11-15-34-29-36(24-26-39(31)34)47-41-19-8-7-18-40(41)46(35-23-22-32-13-5-6-14-33(32)28-35)42-27-25-37(30-43(42)47)48-49-44-20-9-10-21-45(44)50(48)38-16-3-2-4-17-38/h2-11,13-21,24-31H,12,22-23H2,1H3. The quantitative estimate of drug-likeness (QED) is 0.175. The topological polar surface area (TPSA) is 17.8 Å². The van der Waals surface area contributed by atoms with Gasteiger partial charge in [-0.15, -0.1) is 0 Å². The number of imidazole rings is 1. The van der Waals surface area contributed by atoms with Crippen LogP contribution in [0.25, 0.3) is 78.5 Å². The minimum absolute atomic E-state index is 0.526. The maximum atomic E-state index is 5.28. The number of rotatable bonds is 4. The summed E-state index contributed by atoms with van der Waals surface area (Å²) >= 11 is 0. The lowest BCUT2D eigenvalue weighted by Crippen LogP contribution is -2.02. The van der Waals surface area contributed by atoms with Crippen molar-refractivity contribution in [2.75, 3.05) is 0 Å². The predicted octanol–water partition coefficient (Wildman–Crippen LogP) is 12.7. The van der Waals surface area contributed by atoms with Crippen molar-refractivity contribution in [1.82, 2.24) is 9.55 Å². The highest BCUT2D eigenvalue weighted by atomic mass is 15.1. The van der Waals surface area contributed by atoms with E-state index in [-0.39, 0.29) is 0 Å². The Morgan fingerprint density at radius 1 is 0.600 bits per heavy atom. The SMILES string of the molecule is CC1CC=Cc2cc(-c3c4ccccc4c(C4=Cc5ccccc5CC4)c4ccc(-c5nc6ccccc6n5-c5ccccc5)cc34)ccc21. The van der Waals surface area contributed by atoms with Crippen LogP contribution < -0.4 is 0 Å². The molecule has 1 aromatic heterocycles. The second kappa shape index (κ2) is 11.6. The lowest BCUT2D eigenvalue weighted by molar-refractivity contribution is 0.772. The van der Waals surface area contributed by atoms with Crippen LogP contribution in [0.4, 0.5) is 0 Å². The van der Waals surface area contributed by atoms with Gasteiger partial charge in [-0.05, 0) is 128 Å². The summed E-state index contributed by atoms with van der Waals surface area (Å²) in [6.45, 7) is 2.34. The monoisotopic (exact) mass is 640 g/mol. The molecule has 0 fully saturated rings. The Morgan fingerprint density at radius 3 is 2.24 bits per heavy atom. The molecule has 50 heavy (non-hydrogen) atoms. The zero-order valence-electron chi connectivity index (χ0n) is 28.1. The highest BCUT2D eigenvalue weighted by molar-refractivity contribution is 6.20. The van der Waals surface area contributed by atoms with E-state index in [0.29, 0.717) is 5.92 Å². The summed E-state index contributed by atoms with van der Waals surface area (Å²) in [7, 11) is 0. The van der Waals surface area contributed by atoms with Crippen molar-refractivity contribution in [2.45, 2.75) is 32.1 Å². The van der Waals surface area contributed by atoms with E-state index in [0.717, 1.165) is 47.4 Å². The van der Waals surface area contributed by atoms with Crippen LogP contribution in [0.15, 0.2) is 146 Å². The van der Waals surface area contributed by atoms with Gasteiger partial charge in [-0.3, -0.25) is 4.57 Å². The Labute approximate surface area is 292 Å². The Balaban J connectivity index is 1.30. The molecule has 10 rings (SSSR count). The maximum Gasteiger partial charge on any atom is 0.145 e. The van der Waals surface area contributed by atoms with Crippen LogP contribution in [0.5, 0.6) is 0 Å². The second-order valence-electron chi connectivity index (χ2n) is 13.9. The fraction of sp³-hybridized carbons (Fsp3) is 0.104. The molecule has 7 aromatic carbocycles. The minimum Gasteiger partial charge on any atom is -0.292 e. The first kappa shape index (κ1) is 29.0. The number of allylic oxidation sites excluding steroid dienone is 2. The van der Waals surface area contributed by atoms with Crippen LogP contribution in [-0.4, -0.2) is 9.55 Å². The van der Waals surface area contributed by atoms with E-state index in [1.165, 1.54) is 66.1 Å². The summed E-state index contributed by atoms with van der Waals surface area (Å²) in [5, 5.41) is 5.15. The van der Waals surface area contributed by atoms with Crippen LogP contribution in [0.1, 0.15) is 53.5 Å². The third-order valence-corrected chi connectivity index (χ3v) is 10.9. The molecule has 0 bridgehead atoms. The van der Waals surface area contributed by atoms with Crippen LogP contribution in [0, 0.1) is 0 Å². The van der Waals surface area contributed by atoms with E-state index in [1.807, 2.05) is 0 Å². The number of hydrogen-bond donors (Lipinski definition) is 0. The van der Waals surface area contributed by atoms with Gasteiger partial charge >= 0.3 is 0 Å². The number of fused-ring (bicyclic) bond motifs is 5. The average Bonchev–Trinajstić information content (AvgIpc) is 3.57. The molecule has 2 nitrogen and oxygen atoms in total. The van der Waals surface area contributed by atoms with Gasteiger partial charge in [0.25, 0.3) is 0 Å². The summed E-state index contributed by atoms with van der Waals surface area (Å²) in [5.74, 6) is 1.48. The molecule has 1 unspecified atom stereocenters. The number of aryl methyl sites for hydroxylation is 1. The van der Waals surface area contributed by atoms with Crippen molar-refractivity contribution >= 4 is 50.3 Å². The van der Waals surface area contributed by atoms with Gasteiger partial charge in [0.15, 0.2) is 0 Å². The van der Waals surface area contributed by atoms with E-state index in [4.69, 9.17) is 4.98 Å². The van der Waals surface area contributed by atoms with Gasteiger partial charge in [0.1, 0.15) is 5.82 Å². The molecule has 2 aliphatic carbocycles. The molecule has 2 heteroatoms. The van der Waals surface area contributed by atoms with E-state index in [2.05, 4.69) is 169 Å². The second-order valence-corrected chi connectivity index (χ2v) is 13.9. The van der Waals surface area contributed by atoms with Crippen LogP contribution >= 0.6 is 0 Å². The molecule has 0 N–H and O–H groups in total. The Hall–Kier alpha value is -5.99. The van der Waals surface area contributed by atoms with Gasteiger partial charge in [0, 0.05) is 11.3 Å². The third-order valence-electron chi connectivity index (χ3n) is 10.9. The van der Waals surface area contributed by atoms with Gasteiger partial charge in [0.05, 0.1) is 11.0 Å². The summed E-state index contributed by atoms with van der Waals surface area (Å²) in [6.07, 6.45) is 10.2. The first-order chi connectivity index (χ1) is 24.7. The van der Waals surface area contributed by atoms with Gasteiger partial charge in [-0.1, -0.05) is 128 Å². The number of hydrogen-bond acceptors (Lipinski definition) is 1. The molecule has 0 saturated carbocycles. The van der Waals surface area contributed by atoms with Gasteiger partial charge < -0.3 is 0 Å². The highest BCUT2D eigenvalue weighted by Gasteiger charge is 2.23. The molecule has 0 spiro atoms. The van der Waals surface area contributed by atoms with Gasteiger partial charge in [-0.25, -0.2) is 4.98 Å². The van der Waals surface area contributed by atoms with Crippen molar-refractivity contribution < 1.29 is 0 Å². The summed E-state index contributed by atoms with van der Waals surface area (Å²) in [6, 6.07) is 51.2. The normalized spacial score (nSPS) is 15.3. The fourth-order valence-corrected chi connectivity index (χ4v) is 8.51. The summed E-state index contributed by atoms with van der Waals surface area (Å²) < 4.78 is 2.31. The molecule has 1 heterocycles. The highest BCUT2D eigenvalue weighted by Crippen LogP contribution is 2.46. The molecule has 0 radical (unpaired) electrons. The molecule has 238 valence electrons. The van der Waals surface area contributed by atoms with Crippen molar-refractivity contribution in [2.24, 2.45) is 0 Å². The largest absolute Gasteiger partial charge is 0.292 e. The molecule has 0 amide bonds. The number of aromatic nitrogens is 2. The molecule has 2 aliphatic rings. The van der Waals surface area contributed by atoms with Gasteiger partial charge in [-0.2, -0.15) is 0 Å². The van der Waals surface area contributed by atoms with Crippen molar-refractivity contribution in [3.05, 3.63) is 173 Å². The molecule has 0 aliphatic heterocycles. The van der Waals surface area contributed by atoms with E-state index >= 15 is 0 Å². The van der Waals surface area contributed by atoms with Crippen molar-refractivity contribution in [1.29, 1.82) is 0 Å². The fourth-order valence-electron chi connectivity index (χ4n) is 8.51. The number of nitrogens with zero attached hydrogens (tertiary/aromatic N) is 2. The Morgan fingerprint density at radius 2 is 1.34 bits per heavy atom. The first-order valence-electron chi connectivity index (χ1n) is 17.8. The summed E-state index contributed by atoms with van der Waals surface area (Å²) in [5.41, 5.74) is 15.1. The van der Waals surface area contributed by atoms with E-state index in [9.17, 15) is 0 Å². The molecular formula is C48H36N2. The summed E-state index contributed by atoms with van der Waals surface area (Å²) in [4.78, 5) is 5.28. The first-order valence-corrected chi connectivity index (χ1v) is 17.8.